The fraction of sp³-hybridized carbons (Fsp3) is 0.176. The number of nitrogens with one attached hydrogen (secondary N) is 1. The minimum atomic E-state index is -0.140. The van der Waals surface area contributed by atoms with Crippen molar-refractivity contribution in [3.05, 3.63) is 136 Å². The summed E-state index contributed by atoms with van der Waals surface area (Å²) in [6, 6.07) is 29.9. The molecule has 0 amide bonds. The van der Waals surface area contributed by atoms with E-state index in [1.54, 1.807) is 0 Å². The molecule has 41 heavy (non-hydrogen) atoms. The van der Waals surface area contributed by atoms with Crippen molar-refractivity contribution in [2.45, 2.75) is 39.8 Å². The highest BCUT2D eigenvalue weighted by molar-refractivity contribution is 7.80. The van der Waals surface area contributed by atoms with Crippen molar-refractivity contribution >= 4 is 34.6 Å². The maximum absolute atomic E-state index is 6.40. The number of hydrogen-bond acceptors (Lipinski definition) is 3. The molecular formula is C34H31ClN4OS. The number of pyridine rings is 1. The molecule has 5 nitrogen and oxygen atoms in total. The fourth-order valence-corrected chi connectivity index (χ4v) is 6.32. The molecule has 1 aliphatic heterocycles. The summed E-state index contributed by atoms with van der Waals surface area (Å²) in [5.41, 5.74) is 8.89. The first-order chi connectivity index (χ1) is 19.8. The van der Waals surface area contributed by atoms with Crippen LogP contribution < -0.4 is 15.0 Å². The molecule has 7 heteroatoms. The topological polar surface area (TPSA) is 42.3 Å². The third-order valence-corrected chi connectivity index (χ3v) is 8.39. The molecule has 3 heterocycles. The standard InChI is InChI=1S/C34H31ClN4OS/c1-21-11-15-28(16-12-21)40-29-17-13-26(14-18-29)39-33(32(37-34(39)41)30-10-5-6-19-36-30)31-22(2)23(3)38(24(31)4)27-9-7-8-25(35)20-27/h5-20,32-33H,1-4H3,(H,37,41)/t32-,33+/m0/s1. The van der Waals surface area contributed by atoms with E-state index in [1.807, 2.05) is 72.9 Å². The molecule has 1 fully saturated rings. The minimum absolute atomic E-state index is 0.125. The third-order valence-electron chi connectivity index (χ3n) is 7.84. The van der Waals surface area contributed by atoms with Crippen molar-refractivity contribution in [3.8, 4) is 17.2 Å². The number of rotatable bonds is 6. The van der Waals surface area contributed by atoms with Crippen LogP contribution in [0.2, 0.25) is 5.02 Å². The largest absolute Gasteiger partial charge is 0.457 e. The van der Waals surface area contributed by atoms with Crippen LogP contribution in [0.15, 0.2) is 97.2 Å². The number of halogens is 1. The van der Waals surface area contributed by atoms with Gasteiger partial charge in [-0.3, -0.25) is 4.98 Å². The highest BCUT2D eigenvalue weighted by Gasteiger charge is 2.43. The number of benzene rings is 3. The summed E-state index contributed by atoms with van der Waals surface area (Å²) in [6.07, 6.45) is 1.83. The normalized spacial score (nSPS) is 16.6. The average Bonchev–Trinajstić information content (AvgIpc) is 3.42. The number of thiocarbonyl (C=S) groups is 1. The maximum Gasteiger partial charge on any atom is 0.174 e. The first-order valence-electron chi connectivity index (χ1n) is 13.6. The molecule has 2 atom stereocenters. The van der Waals surface area contributed by atoms with Gasteiger partial charge in [-0.2, -0.15) is 0 Å². The predicted molar refractivity (Wildman–Crippen MR) is 171 cm³/mol. The molecular weight excluding hydrogens is 548 g/mol. The van der Waals surface area contributed by atoms with Crippen molar-refractivity contribution in [3.63, 3.8) is 0 Å². The van der Waals surface area contributed by atoms with Gasteiger partial charge in [-0.25, -0.2) is 0 Å². The molecule has 0 unspecified atom stereocenters. The minimum Gasteiger partial charge on any atom is -0.457 e. The van der Waals surface area contributed by atoms with E-state index in [2.05, 4.69) is 66.7 Å². The van der Waals surface area contributed by atoms with Gasteiger partial charge < -0.3 is 19.5 Å². The lowest BCUT2D eigenvalue weighted by molar-refractivity contribution is 0.482. The molecule has 1 aliphatic rings. The number of hydrogen-bond donors (Lipinski definition) is 1. The number of nitrogens with zero attached hydrogens (tertiary/aromatic N) is 3. The maximum atomic E-state index is 6.40. The summed E-state index contributed by atoms with van der Waals surface area (Å²) >= 11 is 12.4. The van der Waals surface area contributed by atoms with Gasteiger partial charge in [0, 0.05) is 39.5 Å². The fourth-order valence-electron chi connectivity index (χ4n) is 5.79. The Labute approximate surface area is 251 Å². The van der Waals surface area contributed by atoms with Gasteiger partial charge in [0.25, 0.3) is 0 Å². The SMILES string of the molecule is Cc1ccc(Oc2ccc(N3C(=S)N[C@@H](c4ccccn4)[C@H]3c3c(C)c(C)n(-c4cccc(Cl)c4)c3C)cc2)cc1. The second-order valence-corrected chi connectivity index (χ2v) is 11.3. The molecule has 206 valence electrons. The van der Waals surface area contributed by atoms with E-state index in [0.29, 0.717) is 10.1 Å². The van der Waals surface area contributed by atoms with Gasteiger partial charge in [0.1, 0.15) is 11.5 Å². The highest BCUT2D eigenvalue weighted by atomic mass is 35.5. The van der Waals surface area contributed by atoms with Crippen molar-refractivity contribution in [1.82, 2.24) is 14.9 Å². The summed E-state index contributed by atoms with van der Waals surface area (Å²) in [5.74, 6) is 1.57. The van der Waals surface area contributed by atoms with E-state index in [4.69, 9.17) is 33.5 Å². The Balaban J connectivity index is 1.44. The Morgan fingerprint density at radius 1 is 0.805 bits per heavy atom. The third kappa shape index (κ3) is 5.09. The number of anilines is 1. The monoisotopic (exact) mass is 578 g/mol. The molecule has 5 aromatic rings. The summed E-state index contributed by atoms with van der Waals surface area (Å²) in [6.45, 7) is 8.58. The number of aryl methyl sites for hydroxylation is 1. The van der Waals surface area contributed by atoms with E-state index >= 15 is 0 Å². The van der Waals surface area contributed by atoms with Gasteiger partial charge in [-0.15, -0.1) is 0 Å². The molecule has 3 aromatic carbocycles. The van der Waals surface area contributed by atoms with Crippen LogP contribution in [-0.2, 0) is 0 Å². The molecule has 6 rings (SSSR count). The molecule has 0 saturated carbocycles. The molecule has 0 aliphatic carbocycles. The zero-order valence-electron chi connectivity index (χ0n) is 23.4. The van der Waals surface area contributed by atoms with Gasteiger partial charge >= 0.3 is 0 Å². The Morgan fingerprint density at radius 2 is 1.51 bits per heavy atom. The summed E-state index contributed by atoms with van der Waals surface area (Å²) < 4.78 is 8.39. The lowest BCUT2D eigenvalue weighted by Crippen LogP contribution is -2.29. The molecule has 1 N–H and O–H groups in total. The van der Waals surface area contributed by atoms with Crippen LogP contribution in [0.1, 0.15) is 45.9 Å². The van der Waals surface area contributed by atoms with Crippen LogP contribution in [0.3, 0.4) is 0 Å². The second kappa shape index (κ2) is 11.0. The van der Waals surface area contributed by atoms with E-state index in [9.17, 15) is 0 Å². The Kier molecular flexibility index (Phi) is 7.28. The lowest BCUT2D eigenvalue weighted by atomic mass is 9.93. The van der Waals surface area contributed by atoms with Crippen LogP contribution in [-0.4, -0.2) is 14.7 Å². The van der Waals surface area contributed by atoms with Gasteiger partial charge in [0.2, 0.25) is 0 Å². The second-order valence-electron chi connectivity index (χ2n) is 10.4. The van der Waals surface area contributed by atoms with Crippen LogP contribution >= 0.6 is 23.8 Å². The van der Waals surface area contributed by atoms with Crippen LogP contribution in [0.4, 0.5) is 5.69 Å². The Bertz CT molecular complexity index is 1710. The van der Waals surface area contributed by atoms with Crippen molar-refractivity contribution in [2.75, 3.05) is 4.90 Å². The summed E-state index contributed by atoms with van der Waals surface area (Å²) in [7, 11) is 0. The van der Waals surface area contributed by atoms with Gasteiger partial charge in [-0.1, -0.05) is 41.4 Å². The van der Waals surface area contributed by atoms with Crippen molar-refractivity contribution < 1.29 is 4.74 Å². The van der Waals surface area contributed by atoms with Crippen molar-refractivity contribution in [1.29, 1.82) is 0 Å². The molecule has 0 spiro atoms. The molecule has 0 bridgehead atoms. The first kappa shape index (κ1) is 27.1. The van der Waals surface area contributed by atoms with E-state index in [0.717, 1.165) is 34.3 Å². The molecule has 1 saturated heterocycles. The summed E-state index contributed by atoms with van der Waals surface area (Å²) in [4.78, 5) is 6.94. The van der Waals surface area contributed by atoms with Crippen molar-refractivity contribution in [2.24, 2.45) is 0 Å². The van der Waals surface area contributed by atoms with Crippen LogP contribution in [0.5, 0.6) is 11.5 Å². The van der Waals surface area contributed by atoms with Gasteiger partial charge in [0.05, 0.1) is 17.8 Å². The zero-order chi connectivity index (χ0) is 28.7. The zero-order valence-corrected chi connectivity index (χ0v) is 25.0. The molecule has 0 radical (unpaired) electrons. The number of aromatic nitrogens is 2. The Hall–Kier alpha value is -4.13. The average molecular weight is 579 g/mol. The van der Waals surface area contributed by atoms with Crippen LogP contribution in [0, 0.1) is 27.7 Å². The van der Waals surface area contributed by atoms with Crippen LogP contribution in [0.25, 0.3) is 5.69 Å². The summed E-state index contributed by atoms with van der Waals surface area (Å²) in [5, 5.41) is 4.96. The predicted octanol–water partition coefficient (Wildman–Crippen LogP) is 8.73. The van der Waals surface area contributed by atoms with E-state index in [1.165, 1.54) is 22.4 Å². The quantitative estimate of drug-likeness (QED) is 0.204. The van der Waals surface area contributed by atoms with Gasteiger partial charge in [-0.05, 0) is 112 Å². The lowest BCUT2D eigenvalue weighted by Gasteiger charge is -2.29. The highest BCUT2D eigenvalue weighted by Crippen LogP contribution is 2.45. The molecule has 2 aromatic heterocycles. The Morgan fingerprint density at radius 3 is 2.17 bits per heavy atom. The smallest absolute Gasteiger partial charge is 0.174 e. The van der Waals surface area contributed by atoms with Gasteiger partial charge in [0.15, 0.2) is 5.11 Å². The number of ether oxygens (including phenoxy) is 1. The first-order valence-corrected chi connectivity index (χ1v) is 14.4. The van der Waals surface area contributed by atoms with E-state index in [-0.39, 0.29) is 12.1 Å². The van der Waals surface area contributed by atoms with E-state index < -0.39 is 0 Å².